The summed E-state index contributed by atoms with van der Waals surface area (Å²) in [5, 5.41) is 23.1. The number of benzene rings is 2. The van der Waals surface area contributed by atoms with Gasteiger partial charge >= 0.3 is 0 Å². The molecule has 7 aliphatic rings. The molecule has 5 heterocycles. The summed E-state index contributed by atoms with van der Waals surface area (Å²) in [5.74, 6) is -1.76. The van der Waals surface area contributed by atoms with Crippen molar-refractivity contribution in [1.29, 1.82) is 0 Å². The summed E-state index contributed by atoms with van der Waals surface area (Å²) in [4.78, 5) is 66.4. The summed E-state index contributed by atoms with van der Waals surface area (Å²) >= 11 is 0. The SMILES string of the molecule is CC1OC(OC2CCC(OC3C(O)CC(c4ccc5c(c4O)C(=O)c4ccc6c(c4C5=O)C(=O)CC(C)(OC4CCC(OC5CCC(=O)C(C)O5)C(C)O4)C6)OC3C)OC2C)CCC1=O. The molecular formula is C49H60O16. The van der Waals surface area contributed by atoms with E-state index in [1.54, 1.807) is 26.8 Å². The minimum absolute atomic E-state index is 0.0196. The third kappa shape index (κ3) is 9.16. The van der Waals surface area contributed by atoms with E-state index < -0.39 is 84.7 Å². The van der Waals surface area contributed by atoms with E-state index in [2.05, 4.69) is 0 Å². The van der Waals surface area contributed by atoms with Gasteiger partial charge in [-0.2, -0.15) is 0 Å². The molecule has 0 radical (unpaired) electrons. The van der Waals surface area contributed by atoms with E-state index in [1.807, 2.05) is 20.8 Å². The minimum Gasteiger partial charge on any atom is -0.507 e. The van der Waals surface area contributed by atoms with E-state index in [9.17, 15) is 34.2 Å². The highest BCUT2D eigenvalue weighted by Gasteiger charge is 2.47. The normalized spacial score (nSPS) is 38.8. The van der Waals surface area contributed by atoms with E-state index in [-0.39, 0.29) is 88.0 Å². The van der Waals surface area contributed by atoms with E-state index in [4.69, 9.17) is 42.6 Å². The van der Waals surface area contributed by atoms with Gasteiger partial charge in [0.25, 0.3) is 0 Å². The molecule has 0 saturated carbocycles. The number of hydrogen-bond acceptors (Lipinski definition) is 16. The van der Waals surface area contributed by atoms with Gasteiger partial charge in [-0.25, -0.2) is 0 Å². The number of carbonyl (C=O) groups is 5. The van der Waals surface area contributed by atoms with Gasteiger partial charge < -0.3 is 52.8 Å². The van der Waals surface area contributed by atoms with Gasteiger partial charge in [-0.15, -0.1) is 0 Å². The molecule has 352 valence electrons. The highest BCUT2D eigenvalue weighted by atomic mass is 16.7. The number of ketones is 5. The second-order valence-corrected chi connectivity index (χ2v) is 19.2. The molecule has 16 nitrogen and oxygen atoms in total. The molecule has 2 aliphatic carbocycles. The van der Waals surface area contributed by atoms with Crippen LogP contribution in [0.1, 0.15) is 165 Å². The first-order chi connectivity index (χ1) is 31.0. The summed E-state index contributed by atoms with van der Waals surface area (Å²) in [6.07, 6.45) is -3.31. The highest BCUT2D eigenvalue weighted by molar-refractivity contribution is 6.32. The Bertz CT molecular complexity index is 2210. The fourth-order valence-corrected chi connectivity index (χ4v) is 10.7. The van der Waals surface area contributed by atoms with Crippen molar-refractivity contribution in [2.45, 2.75) is 204 Å². The lowest BCUT2D eigenvalue weighted by Gasteiger charge is -2.43. The molecular weight excluding hydrogens is 845 g/mol. The molecule has 0 aromatic heterocycles. The lowest BCUT2D eigenvalue weighted by molar-refractivity contribution is -0.298. The number of Topliss-reactive ketones (excluding diaryl/α,β-unsaturated/α-hetero) is 3. The largest absolute Gasteiger partial charge is 0.507 e. The first-order valence-electron chi connectivity index (χ1n) is 23.3. The summed E-state index contributed by atoms with van der Waals surface area (Å²) in [6, 6.07) is 6.21. The molecule has 0 amide bonds. The van der Waals surface area contributed by atoms with Crippen molar-refractivity contribution in [2.75, 3.05) is 0 Å². The Kier molecular flexibility index (Phi) is 13.1. The fourth-order valence-electron chi connectivity index (χ4n) is 10.7. The molecule has 15 atom stereocenters. The number of phenolic OH excluding ortho intramolecular Hbond substituents is 1. The van der Waals surface area contributed by atoms with Gasteiger partial charge in [-0.1, -0.05) is 12.1 Å². The Morgan fingerprint density at radius 2 is 1.15 bits per heavy atom. The van der Waals surface area contributed by atoms with Crippen LogP contribution in [0.5, 0.6) is 5.75 Å². The molecule has 0 bridgehead atoms. The van der Waals surface area contributed by atoms with Gasteiger partial charge in [0, 0.05) is 85.6 Å². The summed E-state index contributed by atoms with van der Waals surface area (Å²) in [7, 11) is 0. The first-order valence-corrected chi connectivity index (χ1v) is 23.3. The number of hydrogen-bond donors (Lipinski definition) is 2. The molecule has 5 saturated heterocycles. The van der Waals surface area contributed by atoms with Crippen molar-refractivity contribution in [3.8, 4) is 5.75 Å². The van der Waals surface area contributed by atoms with E-state index in [0.717, 1.165) is 0 Å². The Labute approximate surface area is 377 Å². The van der Waals surface area contributed by atoms with Gasteiger partial charge in [0.05, 0.1) is 53.9 Å². The average molecular weight is 905 g/mol. The average Bonchev–Trinajstić information content (AvgIpc) is 3.25. The number of aliphatic hydroxyl groups is 1. The van der Waals surface area contributed by atoms with Crippen LogP contribution in [-0.4, -0.2) is 125 Å². The zero-order valence-corrected chi connectivity index (χ0v) is 37.8. The zero-order valence-electron chi connectivity index (χ0n) is 37.8. The third-order valence-electron chi connectivity index (χ3n) is 14.2. The fraction of sp³-hybridized carbons (Fsp3) is 0.653. The molecule has 2 aromatic rings. The molecule has 65 heavy (non-hydrogen) atoms. The zero-order chi connectivity index (χ0) is 46.1. The van der Waals surface area contributed by atoms with Crippen LogP contribution in [0.4, 0.5) is 0 Å². The van der Waals surface area contributed by atoms with Crippen molar-refractivity contribution < 1.29 is 76.8 Å². The van der Waals surface area contributed by atoms with Crippen LogP contribution in [0.2, 0.25) is 0 Å². The summed E-state index contributed by atoms with van der Waals surface area (Å²) in [5.41, 5.74) is -0.0962. The van der Waals surface area contributed by atoms with Gasteiger partial charge in [-0.05, 0) is 72.1 Å². The Balaban J connectivity index is 0.828. The molecule has 5 fully saturated rings. The third-order valence-corrected chi connectivity index (χ3v) is 14.2. The number of phenols is 1. The van der Waals surface area contributed by atoms with Crippen molar-refractivity contribution in [1.82, 2.24) is 0 Å². The van der Waals surface area contributed by atoms with Crippen LogP contribution >= 0.6 is 0 Å². The summed E-state index contributed by atoms with van der Waals surface area (Å²) < 4.78 is 55.2. The van der Waals surface area contributed by atoms with Gasteiger partial charge in [0.15, 0.2) is 54.1 Å². The number of carbonyl (C=O) groups excluding carboxylic acids is 5. The predicted molar refractivity (Wildman–Crippen MR) is 226 cm³/mol. The Morgan fingerprint density at radius 3 is 1.75 bits per heavy atom. The molecule has 9 rings (SSSR count). The van der Waals surface area contributed by atoms with E-state index in [1.165, 1.54) is 18.2 Å². The van der Waals surface area contributed by atoms with E-state index >= 15 is 0 Å². The smallest absolute Gasteiger partial charge is 0.198 e. The molecule has 0 spiro atoms. The second kappa shape index (κ2) is 18.4. The van der Waals surface area contributed by atoms with Crippen molar-refractivity contribution >= 4 is 28.9 Å². The van der Waals surface area contributed by atoms with Crippen LogP contribution < -0.4 is 0 Å². The van der Waals surface area contributed by atoms with Crippen LogP contribution in [0.3, 0.4) is 0 Å². The maximum absolute atomic E-state index is 14.3. The number of aliphatic hydroxyl groups excluding tert-OH is 1. The lowest BCUT2D eigenvalue weighted by atomic mass is 9.73. The van der Waals surface area contributed by atoms with Gasteiger partial charge in [-0.3, -0.25) is 24.0 Å². The van der Waals surface area contributed by atoms with Crippen LogP contribution in [0.15, 0.2) is 24.3 Å². The molecule has 2 aromatic carbocycles. The Hall–Kier alpha value is -3.81. The second-order valence-electron chi connectivity index (χ2n) is 19.2. The standard InChI is InChI=1S/C49H60O16/c1-22-31(50)11-15-38(58-22)62-35-13-17-40(60-24(35)3)64-48-26(5)57-37(19-33(48)52)28-9-10-30-44(45(28)54)47(56)29-8-7-27-20-49(6,21-34(53)42(27)43(29)46(30)55)65-41-18-14-36(25(4)61-41)63-39-16-12-32(51)23(2)59-39/h7-10,22-26,33,35-41,48,52,54H,11-21H2,1-6H3. The molecule has 16 heteroatoms. The molecule has 5 aliphatic heterocycles. The lowest BCUT2D eigenvalue weighted by Crippen LogP contribution is -2.50. The maximum Gasteiger partial charge on any atom is 0.198 e. The Morgan fingerprint density at radius 1 is 0.600 bits per heavy atom. The molecule has 15 unspecified atom stereocenters. The number of aromatic hydroxyl groups is 1. The molecule has 2 N–H and O–H groups in total. The van der Waals surface area contributed by atoms with Crippen LogP contribution in [-0.2, 0) is 58.6 Å². The first kappa shape index (κ1) is 46.3. The van der Waals surface area contributed by atoms with E-state index in [0.29, 0.717) is 63.4 Å². The van der Waals surface area contributed by atoms with Gasteiger partial charge in [0.1, 0.15) is 24.1 Å². The summed E-state index contributed by atoms with van der Waals surface area (Å²) in [6.45, 7) is 10.8. The number of ether oxygens (including phenoxy) is 9. The predicted octanol–water partition coefficient (Wildman–Crippen LogP) is 5.68. The van der Waals surface area contributed by atoms with Crippen LogP contribution in [0, 0.1) is 0 Å². The number of rotatable bonds is 9. The highest BCUT2D eigenvalue weighted by Crippen LogP contribution is 2.45. The van der Waals surface area contributed by atoms with Crippen LogP contribution in [0.25, 0.3) is 0 Å². The van der Waals surface area contributed by atoms with Crippen molar-refractivity contribution in [3.63, 3.8) is 0 Å². The number of fused-ring (bicyclic) bond motifs is 4. The minimum atomic E-state index is -1.02. The van der Waals surface area contributed by atoms with Crippen molar-refractivity contribution in [2.24, 2.45) is 0 Å². The maximum atomic E-state index is 14.3. The monoisotopic (exact) mass is 904 g/mol. The topological polar surface area (TPSA) is 209 Å². The quantitative estimate of drug-likeness (QED) is 0.265. The van der Waals surface area contributed by atoms with Crippen molar-refractivity contribution in [3.05, 3.63) is 63.2 Å². The van der Waals surface area contributed by atoms with Gasteiger partial charge in [0.2, 0.25) is 0 Å².